The number of aliphatic hydroxyl groups excluding tert-OH is 8. The molecule has 8 rings (SSSR count). The molecule has 0 aliphatic heterocycles. The number of anilines is 4. The first-order valence-electron chi connectivity index (χ1n) is 22.3. The van der Waals surface area contributed by atoms with E-state index >= 15 is 0 Å². The number of nitrogens with zero attached hydrogens (tertiary/aromatic N) is 12. The van der Waals surface area contributed by atoms with Crippen LogP contribution in [0, 0.1) is 23.7 Å². The maximum Gasteiger partial charge on any atom is 0.280 e. The number of aromatic amines is 4. The second-order valence-electron chi connectivity index (χ2n) is 16.3. The summed E-state index contributed by atoms with van der Waals surface area (Å²) in [6, 6.07) is 0. The van der Waals surface area contributed by atoms with Gasteiger partial charge in [0.1, 0.15) is 0 Å². The number of imidazole rings is 4. The minimum atomic E-state index is -0.378. The quantitative estimate of drug-likeness (QED) is 0.0339. The van der Waals surface area contributed by atoms with Crippen LogP contribution < -0.4 is 45.2 Å². The number of hydrogen-bond acceptors (Lipinski definition) is 24. The molecule has 0 aromatic carbocycles. The van der Waals surface area contributed by atoms with Crippen molar-refractivity contribution in [3.05, 3.63) is 66.7 Å². The summed E-state index contributed by atoms with van der Waals surface area (Å²) in [5.74, 6) is -0.623. The molecule has 8 aromatic heterocycles. The highest BCUT2D eigenvalue weighted by Gasteiger charge is 2.16. The zero-order valence-corrected chi connectivity index (χ0v) is 38.8. The van der Waals surface area contributed by atoms with E-state index in [1.54, 1.807) is 18.3 Å². The van der Waals surface area contributed by atoms with Crippen LogP contribution in [0.4, 0.5) is 23.8 Å². The SMILES string of the molecule is Nc1nc2c(ncn2CCC(CO)CO)c(=O)[nH]1.Nc1nc2c(ncn2CCC(CO)CO)c(=O)[nH]1.Nc1nc2c(ncn2CCC(CO)CO)c(=O)[nH]1.Nc1nc2c(ncn2CCC(CO)CO)c(=O)[nH]1. The van der Waals surface area contributed by atoms with Gasteiger partial charge in [-0.1, -0.05) is 0 Å². The highest BCUT2D eigenvalue weighted by molar-refractivity contribution is 5.72. The molecule has 20 N–H and O–H groups in total. The summed E-state index contributed by atoms with van der Waals surface area (Å²) in [5.41, 5.74) is 22.9. The predicted molar refractivity (Wildman–Crippen MR) is 259 cm³/mol. The Morgan fingerprint density at radius 2 is 0.542 bits per heavy atom. The first-order chi connectivity index (χ1) is 34.6. The van der Waals surface area contributed by atoms with Crippen molar-refractivity contribution in [1.82, 2.24) is 78.1 Å². The molecular weight excluding hydrogens is 953 g/mol. The molecule has 0 spiro atoms. The summed E-state index contributed by atoms with van der Waals surface area (Å²) in [6.07, 6.45) is 8.24. The molecule has 0 fully saturated rings. The summed E-state index contributed by atoms with van der Waals surface area (Å²) in [5, 5.41) is 71.8. The minimum Gasteiger partial charge on any atom is -0.396 e. The van der Waals surface area contributed by atoms with E-state index in [9.17, 15) is 19.2 Å². The molecule has 32 nitrogen and oxygen atoms in total. The minimum absolute atomic E-state index is 0.0371. The zero-order valence-electron chi connectivity index (χ0n) is 38.8. The predicted octanol–water partition coefficient (Wildman–Crippen LogP) is -5.23. The summed E-state index contributed by atoms with van der Waals surface area (Å²) in [4.78, 5) is 87.6. The van der Waals surface area contributed by atoms with Crippen LogP contribution in [0.15, 0.2) is 44.5 Å². The molecule has 0 aliphatic carbocycles. The summed E-state index contributed by atoms with van der Waals surface area (Å²) >= 11 is 0. The highest BCUT2D eigenvalue weighted by Crippen LogP contribution is 2.14. The van der Waals surface area contributed by atoms with E-state index in [4.69, 9.17) is 63.8 Å². The molecule has 8 aromatic rings. The second-order valence-corrected chi connectivity index (χ2v) is 16.3. The number of hydrogen-bond donors (Lipinski definition) is 16. The lowest BCUT2D eigenvalue weighted by Crippen LogP contribution is -2.15. The average Bonchev–Trinajstić information content (AvgIpc) is 4.17. The maximum atomic E-state index is 11.5. The molecule has 0 saturated heterocycles. The van der Waals surface area contributed by atoms with Gasteiger partial charge in [-0.25, -0.2) is 19.9 Å². The third-order valence-electron chi connectivity index (χ3n) is 11.2. The molecule has 72 heavy (non-hydrogen) atoms. The number of fused-ring (bicyclic) bond motifs is 4. The van der Waals surface area contributed by atoms with Crippen molar-refractivity contribution in [3.63, 3.8) is 0 Å². The van der Waals surface area contributed by atoms with E-state index in [1.807, 2.05) is 0 Å². The van der Waals surface area contributed by atoms with E-state index in [0.29, 0.717) is 74.5 Å². The van der Waals surface area contributed by atoms with Crippen molar-refractivity contribution >= 4 is 68.4 Å². The van der Waals surface area contributed by atoms with Gasteiger partial charge in [0.2, 0.25) is 23.8 Å². The fraction of sp³-hybridized carbons (Fsp3) is 0.500. The van der Waals surface area contributed by atoms with Crippen LogP contribution in [0.5, 0.6) is 0 Å². The van der Waals surface area contributed by atoms with Crippen molar-refractivity contribution in [3.8, 4) is 0 Å². The largest absolute Gasteiger partial charge is 0.396 e. The number of aryl methyl sites for hydroxylation is 4. The number of nitrogen functional groups attached to an aromatic ring is 4. The van der Waals surface area contributed by atoms with Crippen LogP contribution in [0.25, 0.3) is 44.7 Å². The fourth-order valence-corrected chi connectivity index (χ4v) is 6.79. The van der Waals surface area contributed by atoms with E-state index in [1.165, 1.54) is 25.3 Å². The van der Waals surface area contributed by atoms with Gasteiger partial charge >= 0.3 is 0 Å². The highest BCUT2D eigenvalue weighted by atomic mass is 16.3. The van der Waals surface area contributed by atoms with Crippen molar-refractivity contribution < 1.29 is 40.9 Å². The van der Waals surface area contributed by atoms with Gasteiger partial charge in [-0.3, -0.25) is 39.1 Å². The number of nitrogens with two attached hydrogens (primary N) is 4. The fourth-order valence-electron chi connectivity index (χ4n) is 6.79. The summed E-state index contributed by atoms with van der Waals surface area (Å²) < 4.78 is 6.72. The van der Waals surface area contributed by atoms with Gasteiger partial charge in [0.15, 0.2) is 44.7 Å². The van der Waals surface area contributed by atoms with E-state index in [-0.39, 0.29) is 145 Å². The summed E-state index contributed by atoms with van der Waals surface area (Å²) in [7, 11) is 0. The lowest BCUT2D eigenvalue weighted by Gasteiger charge is -2.10. The molecule has 0 aliphatic rings. The Hall–Kier alpha value is -7.72. The molecule has 8 heterocycles. The van der Waals surface area contributed by atoms with E-state index < -0.39 is 0 Å². The molecule has 32 heteroatoms. The molecule has 0 saturated carbocycles. The Labute approximate surface area is 404 Å². The maximum absolute atomic E-state index is 11.5. The molecule has 0 atom stereocenters. The van der Waals surface area contributed by atoms with Gasteiger partial charge in [0.25, 0.3) is 22.2 Å². The van der Waals surface area contributed by atoms with Gasteiger partial charge in [0, 0.05) is 103 Å². The first kappa shape index (κ1) is 55.2. The molecule has 0 amide bonds. The Morgan fingerprint density at radius 3 is 0.708 bits per heavy atom. The van der Waals surface area contributed by atoms with Gasteiger partial charge in [-0.15, -0.1) is 0 Å². The third-order valence-corrected chi connectivity index (χ3v) is 11.2. The normalized spacial score (nSPS) is 11.5. The number of H-pyrrole nitrogens is 4. The summed E-state index contributed by atoms with van der Waals surface area (Å²) in [6.45, 7) is 1.32. The Bertz CT molecular complexity index is 2770. The Balaban J connectivity index is 0.000000178. The van der Waals surface area contributed by atoms with Gasteiger partial charge < -0.3 is 82.1 Å². The molecule has 392 valence electrons. The first-order valence-corrected chi connectivity index (χ1v) is 22.3. The number of aliphatic hydroxyl groups is 8. The van der Waals surface area contributed by atoms with Crippen molar-refractivity contribution in [1.29, 1.82) is 0 Å². The third kappa shape index (κ3) is 14.2. The van der Waals surface area contributed by atoms with E-state index in [0.717, 1.165) is 0 Å². The molecule has 0 radical (unpaired) electrons. The average molecular weight is 1010 g/mol. The van der Waals surface area contributed by atoms with Crippen LogP contribution in [0.2, 0.25) is 0 Å². The molecule has 0 bridgehead atoms. The smallest absolute Gasteiger partial charge is 0.280 e. The van der Waals surface area contributed by atoms with Crippen LogP contribution >= 0.6 is 0 Å². The zero-order chi connectivity index (χ0) is 52.5. The lowest BCUT2D eigenvalue weighted by molar-refractivity contribution is 0.140. The monoisotopic (exact) mass is 1010 g/mol. The van der Waals surface area contributed by atoms with Crippen molar-refractivity contribution in [2.75, 3.05) is 75.8 Å². The number of nitrogens with one attached hydrogen (secondary N) is 4. The van der Waals surface area contributed by atoms with Crippen LogP contribution in [-0.4, -0.2) is 172 Å². The second kappa shape index (κ2) is 26.5. The Morgan fingerprint density at radius 1 is 0.361 bits per heavy atom. The van der Waals surface area contributed by atoms with Crippen LogP contribution in [0.1, 0.15) is 25.7 Å². The van der Waals surface area contributed by atoms with Gasteiger partial charge in [-0.2, -0.15) is 19.9 Å². The van der Waals surface area contributed by atoms with Gasteiger partial charge in [-0.05, 0) is 25.7 Å². The van der Waals surface area contributed by atoms with E-state index in [2.05, 4.69) is 59.8 Å². The topological polar surface area (TPSA) is 520 Å². The Kier molecular flexibility index (Phi) is 20.3. The molecule has 0 unspecified atom stereocenters. The van der Waals surface area contributed by atoms with Crippen molar-refractivity contribution in [2.45, 2.75) is 51.9 Å². The standard InChI is InChI=1S/4C10H15N5O3/c4*11-10-13-8-7(9(18)14-10)12-5-15(8)2-1-6(3-16)4-17/h4*5-6,16-17H,1-4H2,(H3,11,13,14,18). The van der Waals surface area contributed by atoms with Crippen LogP contribution in [0.3, 0.4) is 0 Å². The van der Waals surface area contributed by atoms with Gasteiger partial charge in [0.05, 0.1) is 25.3 Å². The lowest BCUT2D eigenvalue weighted by atomic mass is 10.1. The number of rotatable bonds is 20. The molecular formula is C40H60N20O12. The number of aromatic nitrogens is 16. The van der Waals surface area contributed by atoms with Crippen molar-refractivity contribution in [2.24, 2.45) is 23.7 Å². The van der Waals surface area contributed by atoms with Crippen LogP contribution in [-0.2, 0) is 26.2 Å².